The monoisotopic (exact) mass is 581 g/mol. The van der Waals surface area contributed by atoms with Gasteiger partial charge in [0.15, 0.2) is 0 Å². The van der Waals surface area contributed by atoms with Gasteiger partial charge in [0.1, 0.15) is 0 Å². The zero-order valence-corrected chi connectivity index (χ0v) is 22.3. The molecule has 0 fully saturated rings. The highest BCUT2D eigenvalue weighted by atomic mass is 15.2. The topological polar surface area (TPSA) is 48.5 Å². The Balaban J connectivity index is 1.52. The smallest absolute Gasteiger partial charge is 0.235 e. The number of pyridine rings is 1. The van der Waals surface area contributed by atoms with Gasteiger partial charge in [-0.25, -0.2) is 9.97 Å². The van der Waals surface area contributed by atoms with Gasteiger partial charge in [0.2, 0.25) is 5.95 Å². The fraction of sp³-hybridized carbons (Fsp3) is 0. The third-order valence-electron chi connectivity index (χ3n) is 7.19. The molecule has 0 aliphatic carbocycles. The van der Waals surface area contributed by atoms with Gasteiger partial charge in [0, 0.05) is 33.5 Å². The summed E-state index contributed by atoms with van der Waals surface area (Å²) in [5.41, 5.74) is -1.41. The van der Waals surface area contributed by atoms with Crippen LogP contribution in [0.1, 0.15) is 24.7 Å². The summed E-state index contributed by atoms with van der Waals surface area (Å²) in [4.78, 5) is 13.8. The summed E-state index contributed by atoms with van der Waals surface area (Å²) in [5, 5.41) is -0.534. The fourth-order valence-electron chi connectivity index (χ4n) is 5.38. The van der Waals surface area contributed by atoms with E-state index in [1.165, 1.54) is 16.8 Å². The number of aromatic nitrogens is 5. The van der Waals surface area contributed by atoms with Gasteiger partial charge in [-0.3, -0.25) is 9.55 Å². The summed E-state index contributed by atoms with van der Waals surface area (Å²) >= 11 is 0. The molecule has 0 bridgehead atoms. The molecule has 4 aromatic heterocycles. The summed E-state index contributed by atoms with van der Waals surface area (Å²) in [7, 11) is 0. The number of benzene rings is 5. The lowest BCUT2D eigenvalue weighted by Gasteiger charge is -2.16. The van der Waals surface area contributed by atoms with Gasteiger partial charge < -0.3 is 4.57 Å². The van der Waals surface area contributed by atoms with Crippen molar-refractivity contribution in [3.05, 3.63) is 151 Å². The van der Waals surface area contributed by atoms with Gasteiger partial charge in [0.05, 0.1) is 69.3 Å². The molecule has 0 spiro atoms. The summed E-state index contributed by atoms with van der Waals surface area (Å²) < 4.78 is 160. The Labute approximate surface area is 278 Å². The van der Waals surface area contributed by atoms with Crippen LogP contribution < -0.4 is 0 Å². The molecular formula is C39H25N5. The van der Waals surface area contributed by atoms with Crippen LogP contribution in [0.15, 0.2) is 151 Å². The SMILES string of the molecule is [2H]c1c(-c2ccccc2-n2c3cccnc3c3c([2H])c([2H])c([2H])c([2H])c32)nc(-n2c3c([2H])c([2H])c([2H])c([2H])c3c3c([2H])c([2H])c([2H])c([2H])c32)nc1-c1c([2H])c([2H])c([2H])c([2H])c1[2H]. The van der Waals surface area contributed by atoms with Crippen LogP contribution in [-0.4, -0.2) is 24.1 Å². The summed E-state index contributed by atoms with van der Waals surface area (Å²) in [6.07, 6.45) is 1.46. The van der Waals surface area contributed by atoms with E-state index in [0.717, 1.165) is 4.57 Å². The maximum atomic E-state index is 9.66. The molecule has 5 heteroatoms. The zero-order valence-electron chi connectivity index (χ0n) is 40.3. The molecule has 0 unspecified atom stereocenters. The highest BCUT2D eigenvalue weighted by Gasteiger charge is 2.20. The molecule has 0 amide bonds. The van der Waals surface area contributed by atoms with Crippen molar-refractivity contribution in [1.29, 1.82) is 0 Å². The molecule has 5 aromatic carbocycles. The predicted molar refractivity (Wildman–Crippen MR) is 179 cm³/mol. The molecule has 44 heavy (non-hydrogen) atoms. The molecule has 0 N–H and O–H groups in total. The molecule has 5 nitrogen and oxygen atoms in total. The maximum absolute atomic E-state index is 9.66. The highest BCUT2D eigenvalue weighted by Crippen LogP contribution is 2.37. The predicted octanol–water partition coefficient (Wildman–Crippen LogP) is 9.40. The minimum absolute atomic E-state index is 0.0122. The lowest BCUT2D eigenvalue weighted by atomic mass is 10.1. The number of hydrogen-bond donors (Lipinski definition) is 0. The average Bonchev–Trinajstić information content (AvgIpc) is 3.81. The Kier molecular flexibility index (Phi) is 2.80. The van der Waals surface area contributed by atoms with Gasteiger partial charge in [-0.2, -0.15) is 0 Å². The zero-order chi connectivity index (χ0) is 44.7. The molecule has 0 atom stereocenters. The van der Waals surface area contributed by atoms with Crippen LogP contribution in [-0.2, 0) is 0 Å². The Morgan fingerprint density at radius 1 is 0.523 bits per heavy atom. The Morgan fingerprint density at radius 3 is 1.89 bits per heavy atom. The fourth-order valence-corrected chi connectivity index (χ4v) is 5.38. The van der Waals surface area contributed by atoms with Crippen LogP contribution in [0.4, 0.5) is 0 Å². The summed E-state index contributed by atoms with van der Waals surface area (Å²) in [6.45, 7) is 0. The number of fused-ring (bicyclic) bond motifs is 6. The number of hydrogen-bond acceptors (Lipinski definition) is 3. The first-order chi connectivity index (χ1) is 29.3. The van der Waals surface area contributed by atoms with E-state index in [2.05, 4.69) is 9.97 Å². The first-order valence-corrected chi connectivity index (χ1v) is 13.3. The first kappa shape index (κ1) is 12.7. The third kappa shape index (κ3) is 3.69. The van der Waals surface area contributed by atoms with E-state index >= 15 is 0 Å². The Hall–Kier alpha value is -6.07. The minimum atomic E-state index is -0.769. The number of nitrogens with zero attached hydrogens (tertiary/aromatic N) is 5. The number of para-hydroxylation sites is 4. The van der Waals surface area contributed by atoms with E-state index in [0.29, 0.717) is 5.52 Å². The summed E-state index contributed by atoms with van der Waals surface area (Å²) in [6, 6.07) is -2.30. The van der Waals surface area contributed by atoms with E-state index in [4.69, 9.17) is 28.3 Å². The second kappa shape index (κ2) is 9.75. The van der Waals surface area contributed by atoms with Crippen LogP contribution >= 0.6 is 0 Å². The molecule has 4 heterocycles. The van der Waals surface area contributed by atoms with E-state index in [-0.39, 0.29) is 61.2 Å². The molecule has 0 radical (unpaired) electrons. The van der Waals surface area contributed by atoms with Crippen LogP contribution in [0.25, 0.3) is 77.9 Å². The van der Waals surface area contributed by atoms with E-state index in [1.54, 1.807) is 30.3 Å². The van der Waals surface area contributed by atoms with Gasteiger partial charge in [-0.05, 0) is 42.4 Å². The molecule has 206 valence electrons. The quantitative estimate of drug-likeness (QED) is 0.208. The molecule has 0 aliphatic rings. The van der Waals surface area contributed by atoms with E-state index in [9.17, 15) is 1.37 Å². The van der Waals surface area contributed by atoms with Crippen molar-refractivity contribution in [1.82, 2.24) is 24.1 Å². The molecule has 0 saturated heterocycles. The second-order valence-electron chi connectivity index (χ2n) is 9.58. The summed E-state index contributed by atoms with van der Waals surface area (Å²) in [5.74, 6) is -0.575. The van der Waals surface area contributed by atoms with Crippen LogP contribution in [0.2, 0.25) is 0 Å². The normalized spacial score (nSPS) is 17.4. The number of rotatable bonds is 4. The second-order valence-corrected chi connectivity index (χ2v) is 9.58. The molecular weight excluding hydrogens is 538 g/mol. The molecule has 9 rings (SSSR count). The molecule has 0 aliphatic heterocycles. The molecule has 0 saturated carbocycles. The van der Waals surface area contributed by atoms with Gasteiger partial charge in [0.25, 0.3) is 0 Å². The van der Waals surface area contributed by atoms with Gasteiger partial charge in [-0.1, -0.05) is 103 Å². The van der Waals surface area contributed by atoms with Gasteiger partial charge >= 0.3 is 0 Å². The van der Waals surface area contributed by atoms with Crippen molar-refractivity contribution >= 4 is 43.7 Å². The average molecular weight is 582 g/mol. The van der Waals surface area contributed by atoms with Crippen molar-refractivity contribution in [2.24, 2.45) is 0 Å². The minimum Gasteiger partial charge on any atom is -0.307 e. The van der Waals surface area contributed by atoms with Gasteiger partial charge in [-0.15, -0.1) is 0 Å². The van der Waals surface area contributed by atoms with Crippen LogP contribution in [0.3, 0.4) is 0 Å². The highest BCUT2D eigenvalue weighted by molar-refractivity contribution is 6.09. The van der Waals surface area contributed by atoms with Crippen molar-refractivity contribution in [2.75, 3.05) is 0 Å². The van der Waals surface area contributed by atoms with Crippen molar-refractivity contribution in [3.63, 3.8) is 0 Å². The standard InChI is InChI=1S/C39H25N5/c1-2-13-26(14-3-1)31-25-32(42-39(41-31)44-33-19-8-4-15-27(33)28-16-5-9-20-34(28)44)29-17-6-10-21-35(29)43-36-22-11-7-18-30(36)38-37(43)23-12-24-40-38/h1-25H/i1D,2D,3D,4D,5D,7D,8D,9D,11D,13D,14D,15D,16D,18D,19D,20D,22D,25D. The van der Waals surface area contributed by atoms with Crippen molar-refractivity contribution in [2.45, 2.75) is 0 Å². The third-order valence-corrected chi connectivity index (χ3v) is 7.19. The largest absolute Gasteiger partial charge is 0.307 e. The Bertz CT molecular complexity index is 3420. The van der Waals surface area contributed by atoms with E-state index in [1.807, 2.05) is 0 Å². The van der Waals surface area contributed by atoms with Crippen LogP contribution in [0.5, 0.6) is 0 Å². The lowest BCUT2D eigenvalue weighted by molar-refractivity contribution is 0.994. The van der Waals surface area contributed by atoms with Crippen molar-refractivity contribution < 1.29 is 24.7 Å². The lowest BCUT2D eigenvalue weighted by Crippen LogP contribution is -2.05. The van der Waals surface area contributed by atoms with Crippen molar-refractivity contribution in [3.8, 4) is 34.2 Å². The first-order valence-electron chi connectivity index (χ1n) is 22.3. The Morgan fingerprint density at radius 2 is 1.14 bits per heavy atom. The maximum Gasteiger partial charge on any atom is 0.235 e. The molecule has 9 aromatic rings. The van der Waals surface area contributed by atoms with E-state index < -0.39 is 120 Å². The van der Waals surface area contributed by atoms with Crippen LogP contribution in [0, 0.1) is 0 Å².